The van der Waals surface area contributed by atoms with Crippen LogP contribution in [0, 0.1) is 0 Å². The molecule has 126 valence electrons. The molecule has 1 heterocycles. The standard InChI is InChI=1S/C18H26N2O3/c1-4-5-14-6-7-16(17(11-14)22-3)23-12-18(21)20-15-8-9-19-13(2)10-15/h4-7,11,13,15,19H,8-10,12H2,1-3H3,(H,20,21)/b5-4+. The number of hydrogen-bond acceptors (Lipinski definition) is 4. The highest BCUT2D eigenvalue weighted by molar-refractivity contribution is 5.78. The summed E-state index contributed by atoms with van der Waals surface area (Å²) in [5, 5.41) is 6.40. The lowest BCUT2D eigenvalue weighted by atomic mass is 10.0. The van der Waals surface area contributed by atoms with E-state index in [4.69, 9.17) is 9.47 Å². The van der Waals surface area contributed by atoms with E-state index in [2.05, 4.69) is 17.6 Å². The van der Waals surface area contributed by atoms with Gasteiger partial charge in [-0.1, -0.05) is 18.2 Å². The number of amides is 1. The maximum atomic E-state index is 12.1. The number of allylic oxidation sites excluding steroid dienone is 1. The molecular formula is C18H26N2O3. The Kier molecular flexibility index (Phi) is 6.47. The Bertz CT molecular complexity index is 557. The molecule has 1 amide bonds. The Morgan fingerprint density at radius 1 is 1.43 bits per heavy atom. The quantitative estimate of drug-likeness (QED) is 0.845. The van der Waals surface area contributed by atoms with Crippen molar-refractivity contribution >= 4 is 12.0 Å². The first-order valence-corrected chi connectivity index (χ1v) is 8.08. The van der Waals surface area contributed by atoms with Crippen molar-refractivity contribution in [1.82, 2.24) is 10.6 Å². The maximum absolute atomic E-state index is 12.1. The smallest absolute Gasteiger partial charge is 0.258 e. The van der Waals surface area contributed by atoms with Crippen LogP contribution in [0.3, 0.4) is 0 Å². The topological polar surface area (TPSA) is 59.6 Å². The molecule has 1 aromatic carbocycles. The van der Waals surface area contributed by atoms with Crippen LogP contribution in [0.2, 0.25) is 0 Å². The van der Waals surface area contributed by atoms with Crippen LogP contribution in [-0.4, -0.2) is 38.3 Å². The van der Waals surface area contributed by atoms with Crippen LogP contribution in [0.15, 0.2) is 24.3 Å². The molecule has 5 heteroatoms. The molecule has 2 unspecified atom stereocenters. The van der Waals surface area contributed by atoms with Crippen molar-refractivity contribution in [3.63, 3.8) is 0 Å². The predicted molar refractivity (Wildman–Crippen MR) is 91.8 cm³/mol. The zero-order valence-corrected chi connectivity index (χ0v) is 14.1. The Balaban J connectivity index is 1.88. The van der Waals surface area contributed by atoms with Gasteiger partial charge in [-0.25, -0.2) is 0 Å². The van der Waals surface area contributed by atoms with E-state index in [9.17, 15) is 4.79 Å². The summed E-state index contributed by atoms with van der Waals surface area (Å²) < 4.78 is 10.9. The predicted octanol–water partition coefficient (Wildman–Crippen LogP) is 2.36. The number of hydrogen-bond donors (Lipinski definition) is 2. The number of benzene rings is 1. The van der Waals surface area contributed by atoms with Gasteiger partial charge in [0.1, 0.15) is 0 Å². The van der Waals surface area contributed by atoms with Crippen LogP contribution in [0.25, 0.3) is 6.08 Å². The Morgan fingerprint density at radius 2 is 2.26 bits per heavy atom. The van der Waals surface area contributed by atoms with Gasteiger partial charge in [0.2, 0.25) is 0 Å². The summed E-state index contributed by atoms with van der Waals surface area (Å²) in [5.41, 5.74) is 1.03. The van der Waals surface area contributed by atoms with Crippen molar-refractivity contribution < 1.29 is 14.3 Å². The molecule has 1 aliphatic rings. The summed E-state index contributed by atoms with van der Waals surface area (Å²) in [6.07, 6.45) is 5.85. The first-order chi connectivity index (χ1) is 11.1. The molecular weight excluding hydrogens is 292 g/mol. The number of carbonyl (C=O) groups is 1. The Labute approximate surface area is 138 Å². The number of rotatable bonds is 6. The summed E-state index contributed by atoms with van der Waals surface area (Å²) in [6, 6.07) is 6.32. The summed E-state index contributed by atoms with van der Waals surface area (Å²) in [7, 11) is 1.60. The summed E-state index contributed by atoms with van der Waals surface area (Å²) in [5.74, 6) is 1.11. The van der Waals surface area contributed by atoms with Crippen LogP contribution < -0.4 is 20.1 Å². The second kappa shape index (κ2) is 8.58. The van der Waals surface area contributed by atoms with Crippen molar-refractivity contribution in [2.24, 2.45) is 0 Å². The number of methoxy groups -OCH3 is 1. The van der Waals surface area contributed by atoms with E-state index in [-0.39, 0.29) is 18.6 Å². The molecule has 5 nitrogen and oxygen atoms in total. The van der Waals surface area contributed by atoms with Crippen LogP contribution >= 0.6 is 0 Å². The summed E-state index contributed by atoms with van der Waals surface area (Å²) in [6.45, 7) is 5.03. The van der Waals surface area contributed by atoms with Gasteiger partial charge >= 0.3 is 0 Å². The monoisotopic (exact) mass is 318 g/mol. The van der Waals surface area contributed by atoms with Gasteiger partial charge in [0, 0.05) is 12.1 Å². The molecule has 0 bridgehead atoms. The van der Waals surface area contributed by atoms with Crippen LogP contribution in [0.4, 0.5) is 0 Å². The number of nitrogens with one attached hydrogen (secondary N) is 2. The molecule has 0 saturated carbocycles. The maximum Gasteiger partial charge on any atom is 0.258 e. The second-order valence-electron chi connectivity index (χ2n) is 5.84. The minimum Gasteiger partial charge on any atom is -0.493 e. The minimum absolute atomic E-state index is 0.00235. The summed E-state index contributed by atoms with van der Waals surface area (Å²) >= 11 is 0. The minimum atomic E-state index is -0.0938. The van der Waals surface area contributed by atoms with Crippen LogP contribution in [0.5, 0.6) is 11.5 Å². The van der Waals surface area contributed by atoms with Gasteiger partial charge in [0.05, 0.1) is 7.11 Å². The Morgan fingerprint density at radius 3 is 2.96 bits per heavy atom. The van der Waals surface area contributed by atoms with Gasteiger partial charge in [-0.05, 0) is 50.9 Å². The summed E-state index contributed by atoms with van der Waals surface area (Å²) in [4.78, 5) is 12.1. The molecule has 1 fully saturated rings. The highest BCUT2D eigenvalue weighted by Crippen LogP contribution is 2.28. The number of ether oxygens (including phenoxy) is 2. The Hall–Kier alpha value is -2.01. The molecule has 2 atom stereocenters. The van der Waals surface area contributed by atoms with E-state index in [1.807, 2.05) is 37.3 Å². The number of carbonyl (C=O) groups excluding carboxylic acids is 1. The number of piperidine rings is 1. The first-order valence-electron chi connectivity index (χ1n) is 8.08. The van der Waals surface area contributed by atoms with E-state index in [1.54, 1.807) is 7.11 Å². The van der Waals surface area contributed by atoms with Gasteiger partial charge in [0.15, 0.2) is 18.1 Å². The van der Waals surface area contributed by atoms with Gasteiger partial charge < -0.3 is 20.1 Å². The lowest BCUT2D eigenvalue weighted by Crippen LogP contribution is -2.47. The fraction of sp³-hybridized carbons (Fsp3) is 0.500. The first kappa shape index (κ1) is 17.3. The lowest BCUT2D eigenvalue weighted by Gasteiger charge is -2.28. The van der Waals surface area contributed by atoms with Gasteiger partial charge in [-0.3, -0.25) is 4.79 Å². The lowest BCUT2D eigenvalue weighted by molar-refractivity contribution is -0.124. The van der Waals surface area contributed by atoms with Crippen molar-refractivity contribution in [1.29, 1.82) is 0 Å². The van der Waals surface area contributed by atoms with E-state index in [0.29, 0.717) is 17.5 Å². The molecule has 2 N–H and O–H groups in total. The molecule has 0 radical (unpaired) electrons. The van der Waals surface area contributed by atoms with Crippen molar-refractivity contribution in [3.8, 4) is 11.5 Å². The van der Waals surface area contributed by atoms with E-state index in [1.165, 1.54) is 0 Å². The average Bonchev–Trinajstić information content (AvgIpc) is 2.54. The van der Waals surface area contributed by atoms with Crippen LogP contribution in [-0.2, 0) is 4.79 Å². The third kappa shape index (κ3) is 5.28. The molecule has 0 spiro atoms. The fourth-order valence-electron chi connectivity index (χ4n) is 2.78. The molecule has 0 aromatic heterocycles. The average molecular weight is 318 g/mol. The zero-order chi connectivity index (χ0) is 16.7. The van der Waals surface area contributed by atoms with E-state index in [0.717, 1.165) is 24.9 Å². The molecule has 0 aliphatic carbocycles. The molecule has 23 heavy (non-hydrogen) atoms. The second-order valence-corrected chi connectivity index (χ2v) is 5.84. The zero-order valence-electron chi connectivity index (χ0n) is 14.1. The third-order valence-corrected chi connectivity index (χ3v) is 3.89. The van der Waals surface area contributed by atoms with Crippen molar-refractivity contribution in [3.05, 3.63) is 29.8 Å². The highest BCUT2D eigenvalue weighted by Gasteiger charge is 2.20. The fourth-order valence-corrected chi connectivity index (χ4v) is 2.78. The molecule has 1 aliphatic heterocycles. The largest absolute Gasteiger partial charge is 0.493 e. The molecule has 1 saturated heterocycles. The van der Waals surface area contributed by atoms with Gasteiger partial charge in [0.25, 0.3) is 5.91 Å². The highest BCUT2D eigenvalue weighted by atomic mass is 16.5. The van der Waals surface area contributed by atoms with Crippen LogP contribution in [0.1, 0.15) is 32.3 Å². The SMILES string of the molecule is C/C=C/c1ccc(OCC(=O)NC2CCNC(C)C2)c(OC)c1. The van der Waals surface area contributed by atoms with E-state index < -0.39 is 0 Å². The molecule has 1 aromatic rings. The third-order valence-electron chi connectivity index (χ3n) is 3.89. The van der Waals surface area contributed by atoms with Gasteiger partial charge in [-0.2, -0.15) is 0 Å². The normalized spacial score (nSPS) is 21.2. The van der Waals surface area contributed by atoms with Crippen molar-refractivity contribution in [2.45, 2.75) is 38.8 Å². The van der Waals surface area contributed by atoms with Gasteiger partial charge in [-0.15, -0.1) is 0 Å². The van der Waals surface area contributed by atoms with Crippen molar-refractivity contribution in [2.75, 3.05) is 20.3 Å². The van der Waals surface area contributed by atoms with E-state index >= 15 is 0 Å². The molecule has 2 rings (SSSR count).